The molecule has 0 saturated carbocycles. The Balaban J connectivity index is 1.74. The Morgan fingerprint density at radius 2 is 2.10 bits per heavy atom. The van der Waals surface area contributed by atoms with Crippen molar-refractivity contribution >= 4 is 11.6 Å². The number of aromatic nitrogens is 2. The molecule has 0 saturated heterocycles. The van der Waals surface area contributed by atoms with Crippen LogP contribution in [0.4, 0.5) is 5.69 Å². The lowest BCUT2D eigenvalue weighted by Gasteiger charge is -2.27. The number of anilines is 1. The molecule has 0 fully saturated rings. The number of aryl methyl sites for hydroxylation is 2. The second-order valence-electron chi connectivity index (χ2n) is 5.46. The number of fused-ring (bicyclic) bond motifs is 1. The Bertz CT molecular complexity index is 615. The topological polar surface area (TPSA) is 38.1 Å². The lowest BCUT2D eigenvalue weighted by molar-refractivity contribution is -0.122. The van der Waals surface area contributed by atoms with E-state index < -0.39 is 0 Å². The summed E-state index contributed by atoms with van der Waals surface area (Å²) in [6.45, 7) is 2.93. The van der Waals surface area contributed by atoms with Gasteiger partial charge in [0.05, 0.1) is 0 Å². The minimum Gasteiger partial charge on any atom is -0.335 e. The van der Waals surface area contributed by atoms with E-state index in [0.29, 0.717) is 0 Å². The molecule has 1 aromatic carbocycles. The van der Waals surface area contributed by atoms with Crippen molar-refractivity contribution in [3.8, 4) is 0 Å². The smallest absolute Gasteiger partial charge is 0.230 e. The average Bonchev–Trinajstić information content (AvgIpc) is 2.94. The number of hydrogen-bond acceptors (Lipinski definition) is 2. The fraction of sp³-hybridized carbons (Fsp3) is 0.375. The fourth-order valence-electron chi connectivity index (χ4n) is 2.73. The van der Waals surface area contributed by atoms with Crippen molar-refractivity contribution in [2.24, 2.45) is 5.92 Å². The molecular formula is C16H19N3O. The van der Waals surface area contributed by atoms with Gasteiger partial charge in [-0.2, -0.15) is 0 Å². The van der Waals surface area contributed by atoms with Crippen LogP contribution in [0.3, 0.4) is 0 Å². The van der Waals surface area contributed by atoms with Gasteiger partial charge in [-0.3, -0.25) is 4.79 Å². The SMILES string of the molecule is Cc1ccc(N(C)C(=O)C2CCn3ccnc3C2)cc1. The molecule has 2 heterocycles. The van der Waals surface area contributed by atoms with Crippen LogP contribution in [0, 0.1) is 12.8 Å². The van der Waals surface area contributed by atoms with Crippen LogP contribution >= 0.6 is 0 Å². The summed E-state index contributed by atoms with van der Waals surface area (Å²) < 4.78 is 2.13. The molecule has 4 nitrogen and oxygen atoms in total. The van der Waals surface area contributed by atoms with Crippen molar-refractivity contribution in [3.63, 3.8) is 0 Å². The standard InChI is InChI=1S/C16H19N3O/c1-12-3-5-14(6-4-12)18(2)16(20)13-7-9-19-10-8-17-15(19)11-13/h3-6,8,10,13H,7,9,11H2,1-2H3. The molecule has 0 radical (unpaired) electrons. The second kappa shape index (κ2) is 5.12. The Kier molecular flexibility index (Phi) is 3.30. The highest BCUT2D eigenvalue weighted by Crippen LogP contribution is 2.23. The zero-order valence-electron chi connectivity index (χ0n) is 11.9. The summed E-state index contributed by atoms with van der Waals surface area (Å²) in [5.41, 5.74) is 2.16. The number of nitrogens with zero attached hydrogens (tertiary/aromatic N) is 3. The van der Waals surface area contributed by atoms with E-state index in [2.05, 4.69) is 9.55 Å². The van der Waals surface area contributed by atoms with Crippen molar-refractivity contribution in [3.05, 3.63) is 48.0 Å². The van der Waals surface area contributed by atoms with E-state index in [1.807, 2.05) is 50.6 Å². The van der Waals surface area contributed by atoms with Crippen LogP contribution in [0.25, 0.3) is 0 Å². The van der Waals surface area contributed by atoms with Crippen molar-refractivity contribution in [1.29, 1.82) is 0 Å². The molecule has 0 bridgehead atoms. The number of carbonyl (C=O) groups excluding carboxylic acids is 1. The first kappa shape index (κ1) is 12.9. The van der Waals surface area contributed by atoms with Crippen LogP contribution in [0.15, 0.2) is 36.7 Å². The molecule has 4 heteroatoms. The number of hydrogen-bond donors (Lipinski definition) is 0. The molecule has 1 atom stereocenters. The summed E-state index contributed by atoms with van der Waals surface area (Å²) in [7, 11) is 1.86. The molecule has 1 amide bonds. The van der Waals surface area contributed by atoms with Crippen LogP contribution in [-0.4, -0.2) is 22.5 Å². The van der Waals surface area contributed by atoms with Crippen molar-refractivity contribution in [1.82, 2.24) is 9.55 Å². The Hall–Kier alpha value is -2.10. The lowest BCUT2D eigenvalue weighted by Crippen LogP contribution is -2.36. The first-order valence-corrected chi connectivity index (χ1v) is 6.99. The monoisotopic (exact) mass is 269 g/mol. The van der Waals surface area contributed by atoms with Crippen LogP contribution in [0.1, 0.15) is 17.8 Å². The van der Waals surface area contributed by atoms with Gasteiger partial charge in [0, 0.05) is 44.0 Å². The van der Waals surface area contributed by atoms with Gasteiger partial charge >= 0.3 is 0 Å². The van der Waals surface area contributed by atoms with Crippen molar-refractivity contribution < 1.29 is 4.79 Å². The number of carbonyl (C=O) groups is 1. The van der Waals surface area contributed by atoms with E-state index in [4.69, 9.17) is 0 Å². The molecule has 0 spiro atoms. The average molecular weight is 269 g/mol. The van der Waals surface area contributed by atoms with Gasteiger partial charge in [0.1, 0.15) is 5.82 Å². The van der Waals surface area contributed by atoms with E-state index in [0.717, 1.165) is 30.9 Å². The van der Waals surface area contributed by atoms with Crippen molar-refractivity contribution in [2.75, 3.05) is 11.9 Å². The minimum atomic E-state index is 0.0382. The number of rotatable bonds is 2. The fourth-order valence-corrected chi connectivity index (χ4v) is 2.73. The van der Waals surface area contributed by atoms with Gasteiger partial charge in [0.15, 0.2) is 0 Å². The van der Waals surface area contributed by atoms with Gasteiger partial charge in [-0.05, 0) is 25.5 Å². The van der Waals surface area contributed by atoms with Crippen LogP contribution in [-0.2, 0) is 17.8 Å². The molecule has 1 aromatic heterocycles. The van der Waals surface area contributed by atoms with Gasteiger partial charge in [-0.15, -0.1) is 0 Å². The summed E-state index contributed by atoms with van der Waals surface area (Å²) in [6, 6.07) is 8.06. The van der Waals surface area contributed by atoms with E-state index in [1.54, 1.807) is 4.90 Å². The maximum Gasteiger partial charge on any atom is 0.230 e. The quantitative estimate of drug-likeness (QED) is 0.839. The van der Waals surface area contributed by atoms with E-state index in [1.165, 1.54) is 5.56 Å². The number of benzene rings is 1. The second-order valence-corrected chi connectivity index (χ2v) is 5.46. The maximum atomic E-state index is 12.6. The highest BCUT2D eigenvalue weighted by Gasteiger charge is 2.28. The van der Waals surface area contributed by atoms with Gasteiger partial charge < -0.3 is 9.47 Å². The molecule has 0 N–H and O–H groups in total. The van der Waals surface area contributed by atoms with Crippen LogP contribution < -0.4 is 4.90 Å². The molecule has 0 aliphatic carbocycles. The first-order valence-electron chi connectivity index (χ1n) is 6.99. The minimum absolute atomic E-state index is 0.0382. The summed E-state index contributed by atoms with van der Waals surface area (Å²) in [6.07, 6.45) is 5.42. The predicted octanol–water partition coefficient (Wildman–Crippen LogP) is 2.42. The normalized spacial score (nSPS) is 17.6. The van der Waals surface area contributed by atoms with Crippen LogP contribution in [0.2, 0.25) is 0 Å². The molecule has 1 aliphatic heterocycles. The maximum absolute atomic E-state index is 12.6. The summed E-state index contributed by atoms with van der Waals surface area (Å²) in [4.78, 5) is 18.7. The zero-order valence-corrected chi connectivity index (χ0v) is 11.9. The van der Waals surface area contributed by atoms with E-state index in [9.17, 15) is 4.79 Å². The van der Waals surface area contributed by atoms with Crippen LogP contribution in [0.5, 0.6) is 0 Å². The number of imidazole rings is 1. The molecule has 1 aliphatic rings. The molecule has 104 valence electrons. The predicted molar refractivity (Wildman–Crippen MR) is 78.6 cm³/mol. The number of amides is 1. The Morgan fingerprint density at radius 1 is 1.35 bits per heavy atom. The summed E-state index contributed by atoms with van der Waals surface area (Å²) in [5, 5.41) is 0. The summed E-state index contributed by atoms with van der Waals surface area (Å²) in [5.74, 6) is 1.24. The molecular weight excluding hydrogens is 250 g/mol. The van der Waals surface area contributed by atoms with E-state index in [-0.39, 0.29) is 11.8 Å². The Morgan fingerprint density at radius 3 is 2.85 bits per heavy atom. The van der Waals surface area contributed by atoms with Gasteiger partial charge in [-0.1, -0.05) is 17.7 Å². The third kappa shape index (κ3) is 2.33. The molecule has 2 aromatic rings. The Labute approximate surface area is 119 Å². The molecule has 1 unspecified atom stereocenters. The van der Waals surface area contributed by atoms with E-state index >= 15 is 0 Å². The largest absolute Gasteiger partial charge is 0.335 e. The highest BCUT2D eigenvalue weighted by atomic mass is 16.2. The van der Waals surface area contributed by atoms with Crippen molar-refractivity contribution in [2.45, 2.75) is 26.3 Å². The molecule has 3 rings (SSSR count). The van der Waals surface area contributed by atoms with Gasteiger partial charge in [-0.25, -0.2) is 4.98 Å². The van der Waals surface area contributed by atoms with Gasteiger partial charge in [0.2, 0.25) is 5.91 Å². The summed E-state index contributed by atoms with van der Waals surface area (Å²) >= 11 is 0. The zero-order chi connectivity index (χ0) is 14.1. The first-order chi connectivity index (χ1) is 9.65. The highest BCUT2D eigenvalue weighted by molar-refractivity contribution is 5.94. The van der Waals surface area contributed by atoms with Gasteiger partial charge in [0.25, 0.3) is 0 Å². The third-order valence-electron chi connectivity index (χ3n) is 4.05. The third-order valence-corrected chi connectivity index (χ3v) is 4.05. The molecule has 20 heavy (non-hydrogen) atoms. The lowest BCUT2D eigenvalue weighted by atomic mass is 9.96.